The van der Waals surface area contributed by atoms with Gasteiger partial charge in [-0.05, 0) is 43.2 Å². The number of halogens is 1. The monoisotopic (exact) mass is 542 g/mol. The summed E-state index contributed by atoms with van der Waals surface area (Å²) in [4.78, 5) is 12.8. The Morgan fingerprint density at radius 1 is 0.975 bits per heavy atom. The summed E-state index contributed by atoms with van der Waals surface area (Å²) in [6.45, 7) is 1.41. The molecular weight excluding hydrogens is 515 g/mol. The number of aliphatic hydroxyl groups excluding tert-OH is 1. The second-order valence-corrected chi connectivity index (χ2v) is 9.45. The maximum Gasteiger partial charge on any atom is 0.164 e. The number of nitrogens with zero attached hydrogens (tertiary/aromatic N) is 5. The molecular formula is C29H27FN6O4. The number of rotatable bonds is 8. The van der Waals surface area contributed by atoms with Gasteiger partial charge in [-0.2, -0.15) is 5.10 Å². The highest BCUT2D eigenvalue weighted by atomic mass is 19.1. The molecule has 0 saturated carbocycles. The molecule has 1 aliphatic heterocycles. The Bertz CT molecular complexity index is 1620. The molecule has 5 aromatic rings. The maximum absolute atomic E-state index is 14.3. The van der Waals surface area contributed by atoms with E-state index in [0.717, 1.165) is 24.0 Å². The Kier molecular flexibility index (Phi) is 7.21. The minimum atomic E-state index is -0.488. The van der Waals surface area contributed by atoms with Crippen LogP contribution in [0.15, 0.2) is 67.1 Å². The first kappa shape index (κ1) is 25.7. The fourth-order valence-corrected chi connectivity index (χ4v) is 4.68. The molecule has 0 spiro atoms. The van der Waals surface area contributed by atoms with Crippen LogP contribution in [0.5, 0.6) is 17.2 Å². The zero-order valence-corrected chi connectivity index (χ0v) is 21.5. The summed E-state index contributed by atoms with van der Waals surface area (Å²) in [6.07, 6.45) is 4.76. The van der Waals surface area contributed by atoms with Crippen molar-refractivity contribution >= 4 is 16.9 Å². The van der Waals surface area contributed by atoms with Gasteiger partial charge >= 0.3 is 0 Å². The van der Waals surface area contributed by atoms with Gasteiger partial charge in [0.2, 0.25) is 0 Å². The third kappa shape index (κ3) is 5.42. The van der Waals surface area contributed by atoms with E-state index in [9.17, 15) is 4.39 Å². The van der Waals surface area contributed by atoms with Crippen LogP contribution in [0.1, 0.15) is 30.1 Å². The Labute approximate surface area is 229 Å². The normalized spacial score (nSPS) is 13.9. The van der Waals surface area contributed by atoms with Gasteiger partial charge in [-0.3, -0.25) is 4.98 Å². The molecule has 0 bridgehead atoms. The lowest BCUT2D eigenvalue weighted by molar-refractivity contribution is 0.0674. The van der Waals surface area contributed by atoms with Crippen molar-refractivity contribution < 1.29 is 23.7 Å². The van der Waals surface area contributed by atoms with Crippen molar-refractivity contribution in [3.05, 3.63) is 84.2 Å². The van der Waals surface area contributed by atoms with E-state index in [1.807, 2.05) is 16.8 Å². The predicted octanol–water partition coefficient (Wildman–Crippen LogP) is 4.82. The lowest BCUT2D eigenvalue weighted by Gasteiger charge is -2.22. The van der Waals surface area contributed by atoms with Crippen molar-refractivity contribution in [3.63, 3.8) is 0 Å². The van der Waals surface area contributed by atoms with E-state index in [-0.39, 0.29) is 19.3 Å². The number of pyridine rings is 1. The number of nitrogen functional groups attached to an aromatic ring is 1. The molecule has 1 saturated heterocycles. The fraction of sp³-hybridized carbons (Fsp3) is 0.241. The quantitative estimate of drug-likeness (QED) is 0.283. The zero-order valence-electron chi connectivity index (χ0n) is 21.5. The molecule has 0 unspecified atom stereocenters. The summed E-state index contributed by atoms with van der Waals surface area (Å²) >= 11 is 0. The number of anilines is 1. The van der Waals surface area contributed by atoms with Crippen molar-refractivity contribution in [2.24, 2.45) is 0 Å². The highest BCUT2D eigenvalue weighted by Gasteiger charge is 2.24. The standard InChI is InChI=1S/C29H27FN6O4/c30-20-11-24(39-16-18-1-4-21(15-37)32-14-18)13-25(12-20)40-23-5-2-19(3-6-23)27-26-28(31)33-17-34-29(26)36(35-27)22-7-9-38-10-8-22/h1-6,11-14,17,22,37H,7-10,15-16H2,(H2,31,33,34). The molecule has 204 valence electrons. The van der Waals surface area contributed by atoms with Gasteiger partial charge in [0.15, 0.2) is 5.65 Å². The van der Waals surface area contributed by atoms with Crippen LogP contribution >= 0.6 is 0 Å². The topological polar surface area (TPSA) is 130 Å². The second kappa shape index (κ2) is 11.2. The van der Waals surface area contributed by atoms with E-state index < -0.39 is 5.82 Å². The van der Waals surface area contributed by atoms with E-state index in [2.05, 4.69) is 15.0 Å². The number of hydrogen-bond donors (Lipinski definition) is 2. The third-order valence-corrected chi connectivity index (χ3v) is 6.72. The Hall–Kier alpha value is -4.61. The van der Waals surface area contributed by atoms with Crippen LogP contribution in [0.2, 0.25) is 0 Å². The summed E-state index contributed by atoms with van der Waals surface area (Å²) in [5, 5.41) is 14.7. The highest BCUT2D eigenvalue weighted by Crippen LogP contribution is 2.35. The third-order valence-electron chi connectivity index (χ3n) is 6.72. The van der Waals surface area contributed by atoms with Gasteiger partial charge in [0.1, 0.15) is 47.5 Å². The lowest BCUT2D eigenvalue weighted by atomic mass is 10.1. The SMILES string of the molecule is Nc1ncnc2c1c(-c1ccc(Oc3cc(F)cc(OCc4ccc(CO)nc4)c3)cc1)nn2C1CCOCC1. The van der Waals surface area contributed by atoms with E-state index in [1.54, 1.807) is 36.5 Å². The molecule has 0 amide bonds. The molecule has 1 fully saturated rings. The first-order chi connectivity index (χ1) is 19.6. The number of fused-ring (bicyclic) bond motifs is 1. The van der Waals surface area contributed by atoms with Gasteiger partial charge in [-0.15, -0.1) is 0 Å². The van der Waals surface area contributed by atoms with Crippen molar-refractivity contribution in [3.8, 4) is 28.5 Å². The van der Waals surface area contributed by atoms with E-state index in [1.165, 1.54) is 18.5 Å². The maximum atomic E-state index is 14.3. The molecule has 3 aromatic heterocycles. The number of benzene rings is 2. The summed E-state index contributed by atoms with van der Waals surface area (Å²) in [6, 6.07) is 15.2. The molecule has 10 nitrogen and oxygen atoms in total. The fourth-order valence-electron chi connectivity index (χ4n) is 4.68. The number of nitrogens with two attached hydrogens (primary N) is 1. The Morgan fingerprint density at radius 2 is 1.77 bits per heavy atom. The van der Waals surface area contributed by atoms with Crippen LogP contribution in [0.25, 0.3) is 22.3 Å². The van der Waals surface area contributed by atoms with Gasteiger partial charge in [0.05, 0.1) is 23.7 Å². The summed E-state index contributed by atoms with van der Waals surface area (Å²) in [5.41, 5.74) is 9.82. The Balaban J connectivity index is 1.21. The van der Waals surface area contributed by atoms with Gasteiger partial charge in [0.25, 0.3) is 0 Å². The average molecular weight is 543 g/mol. The molecule has 6 rings (SSSR count). The largest absolute Gasteiger partial charge is 0.489 e. The molecule has 11 heteroatoms. The minimum Gasteiger partial charge on any atom is -0.489 e. The van der Waals surface area contributed by atoms with Crippen molar-refractivity contribution in [1.82, 2.24) is 24.7 Å². The molecule has 40 heavy (non-hydrogen) atoms. The first-order valence-corrected chi connectivity index (χ1v) is 12.9. The summed E-state index contributed by atoms with van der Waals surface area (Å²) in [7, 11) is 0. The van der Waals surface area contributed by atoms with Crippen LogP contribution in [0.4, 0.5) is 10.2 Å². The molecule has 4 heterocycles. The second-order valence-electron chi connectivity index (χ2n) is 9.45. The van der Waals surface area contributed by atoms with Crippen LogP contribution in [-0.2, 0) is 18.0 Å². The first-order valence-electron chi connectivity index (χ1n) is 12.9. The molecule has 0 aliphatic carbocycles. The molecule has 0 radical (unpaired) electrons. The summed E-state index contributed by atoms with van der Waals surface area (Å²) < 4.78 is 33.5. The molecule has 3 N–H and O–H groups in total. The van der Waals surface area contributed by atoms with Gasteiger partial charge < -0.3 is 25.1 Å². The van der Waals surface area contributed by atoms with Crippen molar-refractivity contribution in [2.45, 2.75) is 32.1 Å². The molecule has 1 aliphatic rings. The lowest BCUT2D eigenvalue weighted by Crippen LogP contribution is -2.20. The van der Waals surface area contributed by atoms with Gasteiger partial charge in [0, 0.05) is 48.7 Å². The Morgan fingerprint density at radius 3 is 2.52 bits per heavy atom. The predicted molar refractivity (Wildman–Crippen MR) is 145 cm³/mol. The highest BCUT2D eigenvalue weighted by molar-refractivity contribution is 5.98. The summed E-state index contributed by atoms with van der Waals surface area (Å²) in [5.74, 6) is 1.01. The number of ether oxygens (including phenoxy) is 3. The smallest absolute Gasteiger partial charge is 0.164 e. The molecule has 0 atom stereocenters. The van der Waals surface area contributed by atoms with E-state index >= 15 is 0 Å². The van der Waals surface area contributed by atoms with Crippen LogP contribution in [0, 0.1) is 5.82 Å². The van der Waals surface area contributed by atoms with E-state index in [4.69, 9.17) is 30.1 Å². The number of aliphatic hydroxyl groups is 1. The van der Waals surface area contributed by atoms with Crippen molar-refractivity contribution in [1.29, 1.82) is 0 Å². The van der Waals surface area contributed by atoms with E-state index in [0.29, 0.717) is 58.7 Å². The van der Waals surface area contributed by atoms with Crippen LogP contribution in [0.3, 0.4) is 0 Å². The molecule has 2 aromatic carbocycles. The van der Waals surface area contributed by atoms with Gasteiger partial charge in [-0.25, -0.2) is 19.0 Å². The average Bonchev–Trinajstić information content (AvgIpc) is 3.38. The van der Waals surface area contributed by atoms with Crippen LogP contribution < -0.4 is 15.2 Å². The van der Waals surface area contributed by atoms with Gasteiger partial charge in [-0.1, -0.05) is 6.07 Å². The number of hydrogen-bond acceptors (Lipinski definition) is 9. The zero-order chi connectivity index (χ0) is 27.5. The number of aromatic nitrogens is 5. The minimum absolute atomic E-state index is 0.134. The van der Waals surface area contributed by atoms with Crippen molar-refractivity contribution in [2.75, 3.05) is 18.9 Å². The van der Waals surface area contributed by atoms with Crippen LogP contribution in [-0.4, -0.2) is 43.1 Å².